The van der Waals surface area contributed by atoms with Crippen molar-refractivity contribution in [2.24, 2.45) is 5.92 Å². The average molecular weight is 346 g/mol. The molecule has 1 amide bonds. The number of amides is 1. The first kappa shape index (κ1) is 16.4. The van der Waals surface area contributed by atoms with Crippen molar-refractivity contribution in [1.82, 2.24) is 9.71 Å². The van der Waals surface area contributed by atoms with E-state index in [0.717, 1.165) is 6.42 Å². The maximum Gasteiger partial charge on any atom is 0.265 e. The lowest BCUT2D eigenvalue weighted by molar-refractivity contribution is -0.119. The normalized spacial score (nSPS) is 19.5. The van der Waals surface area contributed by atoms with Crippen molar-refractivity contribution < 1.29 is 17.9 Å². The van der Waals surface area contributed by atoms with Gasteiger partial charge in [-0.25, -0.2) is 18.1 Å². The lowest BCUT2D eigenvalue weighted by Crippen LogP contribution is -2.30. The van der Waals surface area contributed by atoms with Gasteiger partial charge in [-0.15, -0.1) is 0 Å². The minimum absolute atomic E-state index is 0.0629. The Kier molecular flexibility index (Phi) is 4.53. The fraction of sp³-hybridized carbons (Fsp3) is 0.294. The highest BCUT2D eigenvalue weighted by Gasteiger charge is 2.39. The van der Waals surface area contributed by atoms with Crippen molar-refractivity contribution in [1.29, 1.82) is 0 Å². The third-order valence-corrected chi connectivity index (χ3v) is 5.43. The largest absolute Gasteiger partial charge is 0.481 e. The van der Waals surface area contributed by atoms with Crippen LogP contribution in [0.3, 0.4) is 0 Å². The molecule has 0 unspecified atom stereocenters. The molecular weight excluding hydrogens is 328 g/mol. The Morgan fingerprint density at radius 2 is 2.00 bits per heavy atom. The molecule has 6 nitrogen and oxygen atoms in total. The molecule has 2 aromatic rings. The Balaban J connectivity index is 1.58. The quantitative estimate of drug-likeness (QED) is 0.866. The maximum atomic E-state index is 12.2. The molecule has 1 fully saturated rings. The van der Waals surface area contributed by atoms with Gasteiger partial charge < -0.3 is 4.74 Å². The number of nitrogens with zero attached hydrogens (tertiary/aromatic N) is 1. The second-order valence-electron chi connectivity index (χ2n) is 5.78. The summed E-state index contributed by atoms with van der Waals surface area (Å²) in [6.07, 6.45) is 2.27. The van der Waals surface area contributed by atoms with Crippen LogP contribution in [0, 0.1) is 5.92 Å². The smallest absolute Gasteiger partial charge is 0.265 e. The number of methoxy groups -OCH3 is 1. The SMILES string of the molecule is COc1ccc(S(=O)(=O)NC(=O)C[C@@H]2C[C@H]2c2ccccc2)cn1. The highest BCUT2D eigenvalue weighted by atomic mass is 32.2. The van der Waals surface area contributed by atoms with Gasteiger partial charge in [0.2, 0.25) is 11.8 Å². The molecule has 1 aromatic carbocycles. The van der Waals surface area contributed by atoms with Crippen molar-refractivity contribution in [3.63, 3.8) is 0 Å². The van der Waals surface area contributed by atoms with Crippen molar-refractivity contribution in [3.05, 3.63) is 54.2 Å². The van der Waals surface area contributed by atoms with Crippen LogP contribution in [0.1, 0.15) is 24.3 Å². The van der Waals surface area contributed by atoms with Gasteiger partial charge in [0, 0.05) is 12.5 Å². The van der Waals surface area contributed by atoms with E-state index < -0.39 is 15.9 Å². The van der Waals surface area contributed by atoms with Gasteiger partial charge in [0.15, 0.2) is 0 Å². The summed E-state index contributed by atoms with van der Waals surface area (Å²) in [6.45, 7) is 0. The Morgan fingerprint density at radius 3 is 2.62 bits per heavy atom. The van der Waals surface area contributed by atoms with Gasteiger partial charge in [-0.1, -0.05) is 30.3 Å². The number of nitrogens with one attached hydrogen (secondary N) is 1. The summed E-state index contributed by atoms with van der Waals surface area (Å²) in [6, 6.07) is 12.7. The highest BCUT2D eigenvalue weighted by Crippen LogP contribution is 2.49. The third-order valence-electron chi connectivity index (χ3n) is 4.07. The molecule has 24 heavy (non-hydrogen) atoms. The van der Waals surface area contributed by atoms with E-state index in [-0.39, 0.29) is 17.2 Å². The van der Waals surface area contributed by atoms with Crippen molar-refractivity contribution in [3.8, 4) is 5.88 Å². The van der Waals surface area contributed by atoms with Crippen LogP contribution in [0.25, 0.3) is 0 Å². The van der Waals surface area contributed by atoms with E-state index in [1.165, 1.54) is 31.0 Å². The van der Waals surface area contributed by atoms with Crippen molar-refractivity contribution in [2.45, 2.75) is 23.7 Å². The minimum atomic E-state index is -3.90. The number of sulfonamides is 1. The summed E-state index contributed by atoms with van der Waals surface area (Å²) in [7, 11) is -2.46. The lowest BCUT2D eigenvalue weighted by Gasteiger charge is -2.07. The summed E-state index contributed by atoms with van der Waals surface area (Å²) >= 11 is 0. The van der Waals surface area contributed by atoms with E-state index in [9.17, 15) is 13.2 Å². The number of aromatic nitrogens is 1. The van der Waals surface area contributed by atoms with Gasteiger partial charge in [0.05, 0.1) is 13.3 Å². The average Bonchev–Trinajstić information content (AvgIpc) is 3.34. The summed E-state index contributed by atoms with van der Waals surface area (Å²) in [5.74, 6) is 0.345. The summed E-state index contributed by atoms with van der Waals surface area (Å²) < 4.78 is 31.4. The standard InChI is InChI=1S/C17H18N2O4S/c1-23-17-8-7-14(11-18-17)24(21,22)19-16(20)10-13-9-15(13)12-5-3-2-4-6-12/h2-8,11,13,15H,9-10H2,1H3,(H,19,20)/t13-,15-/m0/s1. The molecule has 0 bridgehead atoms. The number of carbonyl (C=O) groups excluding carboxylic acids is 1. The monoisotopic (exact) mass is 346 g/mol. The van der Waals surface area contributed by atoms with Crippen LogP contribution in [0.4, 0.5) is 0 Å². The van der Waals surface area contributed by atoms with Crippen molar-refractivity contribution >= 4 is 15.9 Å². The molecule has 1 saturated carbocycles. The topological polar surface area (TPSA) is 85.4 Å². The van der Waals surface area contributed by atoms with E-state index in [0.29, 0.717) is 11.8 Å². The van der Waals surface area contributed by atoms with E-state index in [2.05, 4.69) is 9.71 Å². The molecule has 1 aromatic heterocycles. The summed E-state index contributed by atoms with van der Waals surface area (Å²) in [5, 5.41) is 0. The van der Waals surface area contributed by atoms with E-state index in [1.807, 2.05) is 30.3 Å². The van der Waals surface area contributed by atoms with Crippen LogP contribution in [0.15, 0.2) is 53.6 Å². The number of rotatable bonds is 6. The van der Waals surface area contributed by atoms with E-state index in [4.69, 9.17) is 4.74 Å². The van der Waals surface area contributed by atoms with Gasteiger partial charge in [-0.3, -0.25) is 4.79 Å². The molecule has 7 heteroatoms. The molecule has 0 radical (unpaired) electrons. The zero-order chi connectivity index (χ0) is 17.2. The fourth-order valence-corrected chi connectivity index (χ4v) is 3.66. The summed E-state index contributed by atoms with van der Waals surface area (Å²) in [4.78, 5) is 15.8. The molecule has 0 saturated heterocycles. The van der Waals surface area contributed by atoms with Gasteiger partial charge in [0.25, 0.3) is 10.0 Å². The molecule has 1 N–H and O–H groups in total. The minimum Gasteiger partial charge on any atom is -0.481 e. The molecule has 1 aliphatic carbocycles. The predicted molar refractivity (Wildman–Crippen MR) is 88.0 cm³/mol. The zero-order valence-corrected chi connectivity index (χ0v) is 14.0. The zero-order valence-electron chi connectivity index (χ0n) is 13.2. The van der Waals surface area contributed by atoms with Gasteiger partial charge in [-0.05, 0) is 29.9 Å². The van der Waals surface area contributed by atoms with Gasteiger partial charge >= 0.3 is 0 Å². The number of ether oxygens (including phenoxy) is 1. The second kappa shape index (κ2) is 6.60. The highest BCUT2D eigenvalue weighted by molar-refractivity contribution is 7.90. The molecule has 3 rings (SSSR count). The van der Waals surface area contributed by atoms with Crippen LogP contribution in [0.5, 0.6) is 5.88 Å². The molecule has 1 aliphatic rings. The Morgan fingerprint density at radius 1 is 1.25 bits per heavy atom. The summed E-state index contributed by atoms with van der Waals surface area (Å²) in [5.41, 5.74) is 1.19. The van der Waals surface area contributed by atoms with Crippen LogP contribution >= 0.6 is 0 Å². The first-order valence-corrected chi connectivity index (χ1v) is 9.08. The van der Waals surface area contributed by atoms with Crippen LogP contribution in [-0.2, 0) is 14.8 Å². The first-order chi connectivity index (χ1) is 11.5. The number of hydrogen-bond donors (Lipinski definition) is 1. The molecule has 2 atom stereocenters. The molecular formula is C17H18N2O4S. The van der Waals surface area contributed by atoms with Gasteiger partial charge in [0.1, 0.15) is 4.90 Å². The van der Waals surface area contributed by atoms with Crippen LogP contribution < -0.4 is 9.46 Å². The second-order valence-corrected chi connectivity index (χ2v) is 7.46. The number of pyridine rings is 1. The molecule has 1 heterocycles. The Bertz CT molecular complexity index is 819. The first-order valence-electron chi connectivity index (χ1n) is 7.60. The Labute approximate surface area is 140 Å². The van der Waals surface area contributed by atoms with E-state index >= 15 is 0 Å². The van der Waals surface area contributed by atoms with Gasteiger partial charge in [-0.2, -0.15) is 0 Å². The fourth-order valence-electron chi connectivity index (χ4n) is 2.72. The number of hydrogen-bond acceptors (Lipinski definition) is 5. The predicted octanol–water partition coefficient (Wildman–Crippen LogP) is 2.09. The third kappa shape index (κ3) is 3.73. The van der Waals surface area contributed by atoms with Crippen molar-refractivity contribution in [2.75, 3.05) is 7.11 Å². The molecule has 0 aliphatic heterocycles. The number of carbonyl (C=O) groups is 1. The van der Waals surface area contributed by atoms with Crippen LogP contribution in [-0.4, -0.2) is 26.4 Å². The van der Waals surface area contributed by atoms with Crippen LogP contribution in [0.2, 0.25) is 0 Å². The Hall–Kier alpha value is -2.41. The number of benzene rings is 1. The lowest BCUT2D eigenvalue weighted by atomic mass is 10.1. The van der Waals surface area contributed by atoms with E-state index in [1.54, 1.807) is 0 Å². The molecule has 0 spiro atoms. The molecule has 126 valence electrons. The maximum absolute atomic E-state index is 12.2.